The lowest BCUT2D eigenvalue weighted by Crippen LogP contribution is -2.01. The minimum atomic E-state index is 0.271. The van der Waals surface area contributed by atoms with Crippen molar-refractivity contribution in [2.75, 3.05) is 0 Å². The lowest BCUT2D eigenvalue weighted by molar-refractivity contribution is 0.589. The summed E-state index contributed by atoms with van der Waals surface area (Å²) in [4.78, 5) is 0.271. The molecule has 0 aromatic carbocycles. The molecule has 2 rings (SSSR count). The van der Waals surface area contributed by atoms with Gasteiger partial charge in [-0.15, -0.1) is 5.10 Å². The molecule has 2 aromatic rings. The van der Waals surface area contributed by atoms with Crippen molar-refractivity contribution in [2.45, 2.75) is 24.7 Å². The largest absolute Gasteiger partial charge is 0.252 e. The van der Waals surface area contributed by atoms with Crippen LogP contribution < -0.4 is 0 Å². The predicted octanol–water partition coefficient (Wildman–Crippen LogP) is 3.04. The van der Waals surface area contributed by atoms with Gasteiger partial charge in [0.2, 0.25) is 0 Å². The van der Waals surface area contributed by atoms with E-state index in [-0.39, 0.29) is 4.83 Å². The fourth-order valence-corrected chi connectivity index (χ4v) is 2.20. The van der Waals surface area contributed by atoms with E-state index in [0.717, 1.165) is 18.7 Å². The number of nitrogens with zero attached hydrogens (tertiary/aromatic N) is 3. The second kappa shape index (κ2) is 4.90. The Labute approximate surface area is 101 Å². The van der Waals surface area contributed by atoms with E-state index < -0.39 is 0 Å². The van der Waals surface area contributed by atoms with Crippen LogP contribution in [0, 0.1) is 0 Å². The van der Waals surface area contributed by atoms with Crippen LogP contribution in [-0.4, -0.2) is 15.0 Å². The molecule has 0 aliphatic heterocycles. The summed E-state index contributed by atoms with van der Waals surface area (Å²) in [6, 6.07) is 2.15. The summed E-state index contributed by atoms with van der Waals surface area (Å²) < 4.78 is 1.89. The number of aromatic nitrogens is 3. The summed E-state index contributed by atoms with van der Waals surface area (Å²) in [6.07, 6.45) is 3.01. The number of aryl methyl sites for hydroxylation is 2. The molecule has 0 amide bonds. The van der Waals surface area contributed by atoms with Crippen LogP contribution in [0.4, 0.5) is 0 Å². The maximum absolute atomic E-state index is 4.08. The molecule has 3 nitrogen and oxygen atoms in total. The monoisotopic (exact) mass is 285 g/mol. The highest BCUT2D eigenvalue weighted by Crippen LogP contribution is 2.18. The first-order valence-corrected chi connectivity index (χ1v) is 6.67. The van der Waals surface area contributed by atoms with Crippen molar-refractivity contribution in [3.63, 3.8) is 0 Å². The number of hydrogen-bond acceptors (Lipinski definition) is 3. The van der Waals surface area contributed by atoms with Crippen LogP contribution in [0.5, 0.6) is 0 Å². The van der Waals surface area contributed by atoms with Crippen molar-refractivity contribution < 1.29 is 0 Å². The summed E-state index contributed by atoms with van der Waals surface area (Å²) in [7, 11) is 0. The molecule has 15 heavy (non-hydrogen) atoms. The smallest absolute Gasteiger partial charge is 0.0960 e. The minimum absolute atomic E-state index is 0.271. The van der Waals surface area contributed by atoms with Gasteiger partial charge in [0.05, 0.1) is 10.5 Å². The number of alkyl halides is 1. The fraction of sp³-hybridized carbons (Fsp3) is 0.400. The quantitative estimate of drug-likeness (QED) is 0.809. The van der Waals surface area contributed by atoms with Crippen LogP contribution in [0.25, 0.3) is 0 Å². The average molecular weight is 286 g/mol. The van der Waals surface area contributed by atoms with E-state index in [1.54, 1.807) is 11.3 Å². The third-order valence-electron chi connectivity index (χ3n) is 2.17. The summed E-state index contributed by atoms with van der Waals surface area (Å²) in [5, 5.41) is 12.4. The third-order valence-corrected chi connectivity index (χ3v) is 3.37. The van der Waals surface area contributed by atoms with E-state index in [4.69, 9.17) is 0 Å². The molecule has 0 spiro atoms. The van der Waals surface area contributed by atoms with Crippen LogP contribution in [0.3, 0.4) is 0 Å². The first-order valence-electron chi connectivity index (χ1n) is 4.81. The molecule has 0 saturated carbocycles. The van der Waals surface area contributed by atoms with Gasteiger partial charge in [0.25, 0.3) is 0 Å². The van der Waals surface area contributed by atoms with Crippen LogP contribution in [0.15, 0.2) is 23.0 Å². The van der Waals surface area contributed by atoms with Gasteiger partial charge in [-0.1, -0.05) is 21.1 Å². The van der Waals surface area contributed by atoms with Crippen molar-refractivity contribution in [1.29, 1.82) is 0 Å². The number of hydrogen-bond donors (Lipinski definition) is 0. The van der Waals surface area contributed by atoms with Gasteiger partial charge in [-0.2, -0.15) is 11.3 Å². The molecule has 0 aliphatic carbocycles. The second-order valence-electron chi connectivity index (χ2n) is 3.40. The van der Waals surface area contributed by atoms with Gasteiger partial charge in [0, 0.05) is 12.7 Å². The lowest BCUT2D eigenvalue weighted by Gasteiger charge is -1.97. The van der Waals surface area contributed by atoms with E-state index in [2.05, 4.69) is 43.1 Å². The Balaban J connectivity index is 1.94. The topological polar surface area (TPSA) is 30.7 Å². The molecule has 0 radical (unpaired) electrons. The lowest BCUT2D eigenvalue weighted by atomic mass is 10.2. The Morgan fingerprint density at radius 2 is 2.47 bits per heavy atom. The van der Waals surface area contributed by atoms with Gasteiger partial charge >= 0.3 is 0 Å². The Hall–Kier alpha value is -0.680. The number of thiophene rings is 1. The van der Waals surface area contributed by atoms with Gasteiger partial charge < -0.3 is 0 Å². The summed E-state index contributed by atoms with van der Waals surface area (Å²) in [5.41, 5.74) is 2.35. The van der Waals surface area contributed by atoms with Crippen molar-refractivity contribution in [2.24, 2.45) is 0 Å². The van der Waals surface area contributed by atoms with E-state index in [1.165, 1.54) is 5.56 Å². The van der Waals surface area contributed by atoms with E-state index in [0.29, 0.717) is 0 Å². The molecule has 0 bridgehead atoms. The fourth-order valence-electron chi connectivity index (χ4n) is 1.28. The third kappa shape index (κ3) is 2.89. The number of rotatable bonds is 4. The Kier molecular flexibility index (Phi) is 3.53. The average Bonchev–Trinajstić information content (AvgIpc) is 2.86. The highest BCUT2D eigenvalue weighted by atomic mass is 79.9. The second-order valence-corrected chi connectivity index (χ2v) is 5.56. The Morgan fingerprint density at radius 3 is 3.07 bits per heavy atom. The standard InChI is InChI=1S/C10H12BrN3S/c1-8(11)10-6-14(13-12-10)4-2-9-3-5-15-7-9/h3,5-8H,2,4H2,1H3. The predicted molar refractivity (Wildman–Crippen MR) is 65.4 cm³/mol. The molecule has 2 heterocycles. The summed E-state index contributed by atoms with van der Waals surface area (Å²) in [5.74, 6) is 0. The molecule has 1 atom stereocenters. The Bertz CT molecular complexity index is 408. The van der Waals surface area contributed by atoms with Crippen molar-refractivity contribution in [1.82, 2.24) is 15.0 Å². The highest BCUT2D eigenvalue weighted by molar-refractivity contribution is 9.09. The van der Waals surface area contributed by atoms with E-state index in [1.807, 2.05) is 17.8 Å². The van der Waals surface area contributed by atoms with Gasteiger partial charge in [-0.3, -0.25) is 4.68 Å². The number of halogens is 1. The maximum atomic E-state index is 4.08. The van der Waals surface area contributed by atoms with Gasteiger partial charge in [-0.25, -0.2) is 0 Å². The molecule has 5 heteroatoms. The van der Waals surface area contributed by atoms with Crippen molar-refractivity contribution in [3.8, 4) is 0 Å². The highest BCUT2D eigenvalue weighted by Gasteiger charge is 2.05. The molecule has 0 N–H and O–H groups in total. The first-order chi connectivity index (χ1) is 7.25. The molecule has 0 fully saturated rings. The van der Waals surface area contributed by atoms with Gasteiger partial charge in [-0.05, 0) is 35.7 Å². The van der Waals surface area contributed by atoms with E-state index >= 15 is 0 Å². The zero-order valence-corrected chi connectivity index (χ0v) is 10.8. The van der Waals surface area contributed by atoms with Crippen molar-refractivity contribution >= 4 is 27.3 Å². The first kappa shape index (κ1) is 10.8. The van der Waals surface area contributed by atoms with Crippen LogP contribution >= 0.6 is 27.3 Å². The van der Waals surface area contributed by atoms with Crippen LogP contribution in [0.2, 0.25) is 0 Å². The summed E-state index contributed by atoms with van der Waals surface area (Å²) >= 11 is 5.20. The molecule has 2 aromatic heterocycles. The summed E-state index contributed by atoms with van der Waals surface area (Å²) in [6.45, 7) is 2.94. The van der Waals surface area contributed by atoms with Gasteiger partial charge in [0.1, 0.15) is 0 Å². The molecule has 0 saturated heterocycles. The molecule has 0 aliphatic rings. The van der Waals surface area contributed by atoms with E-state index in [9.17, 15) is 0 Å². The molecule has 80 valence electrons. The van der Waals surface area contributed by atoms with Crippen molar-refractivity contribution in [3.05, 3.63) is 34.3 Å². The normalized spacial score (nSPS) is 12.9. The van der Waals surface area contributed by atoms with Crippen LogP contribution in [0.1, 0.15) is 23.0 Å². The SMILES string of the molecule is CC(Br)c1cn(CCc2ccsc2)nn1. The Morgan fingerprint density at radius 1 is 1.60 bits per heavy atom. The minimum Gasteiger partial charge on any atom is -0.252 e. The molecule has 1 unspecified atom stereocenters. The maximum Gasteiger partial charge on any atom is 0.0960 e. The molecular weight excluding hydrogens is 274 g/mol. The zero-order valence-electron chi connectivity index (χ0n) is 8.43. The van der Waals surface area contributed by atoms with Gasteiger partial charge in [0.15, 0.2) is 0 Å². The zero-order chi connectivity index (χ0) is 10.7. The molecular formula is C10H12BrN3S. The van der Waals surface area contributed by atoms with Crippen LogP contribution in [-0.2, 0) is 13.0 Å².